The molecule has 0 bridgehead atoms. The quantitative estimate of drug-likeness (QED) is 0.878. The monoisotopic (exact) mass is 304 g/mol. The summed E-state index contributed by atoms with van der Waals surface area (Å²) in [6.07, 6.45) is 3.42. The van der Waals surface area contributed by atoms with Gasteiger partial charge in [-0.2, -0.15) is 0 Å². The zero-order valence-electron chi connectivity index (χ0n) is 14.0. The maximum Gasteiger partial charge on any atom is 0.260 e. The van der Waals surface area contributed by atoms with E-state index in [1.807, 2.05) is 32.0 Å². The second kappa shape index (κ2) is 8.18. The Kier molecular flexibility index (Phi) is 6.25. The molecule has 1 aliphatic rings. The highest BCUT2D eigenvalue weighted by molar-refractivity contribution is 5.80. The van der Waals surface area contributed by atoms with Crippen molar-refractivity contribution in [1.82, 2.24) is 10.2 Å². The Morgan fingerprint density at radius 1 is 1.27 bits per heavy atom. The Hall–Kier alpha value is -1.55. The largest absolute Gasteiger partial charge is 0.481 e. The smallest absolute Gasteiger partial charge is 0.260 e. The number of nitrogens with zero attached hydrogens (tertiary/aromatic N) is 1. The van der Waals surface area contributed by atoms with Gasteiger partial charge in [0.05, 0.1) is 0 Å². The van der Waals surface area contributed by atoms with Crippen LogP contribution in [0.1, 0.15) is 37.3 Å². The number of carbonyl (C=O) groups excluding carboxylic acids is 1. The summed E-state index contributed by atoms with van der Waals surface area (Å²) in [6, 6.07) is 6.05. The van der Waals surface area contributed by atoms with Crippen molar-refractivity contribution >= 4 is 5.91 Å². The first kappa shape index (κ1) is 16.8. The van der Waals surface area contributed by atoms with Gasteiger partial charge in [-0.15, -0.1) is 0 Å². The third kappa shape index (κ3) is 5.02. The molecular formula is C18H28N2O2. The number of piperidine rings is 1. The molecule has 0 saturated carbocycles. The number of likely N-dealkylation sites (tertiary alicyclic amines) is 1. The predicted octanol–water partition coefficient (Wildman–Crippen LogP) is 2.67. The summed E-state index contributed by atoms with van der Waals surface area (Å²) in [5.41, 5.74) is 2.19. The van der Waals surface area contributed by atoms with Gasteiger partial charge in [0.1, 0.15) is 5.75 Å². The molecule has 1 amide bonds. The van der Waals surface area contributed by atoms with Gasteiger partial charge in [0.2, 0.25) is 0 Å². The lowest BCUT2D eigenvalue weighted by atomic mass is 10.1. The highest BCUT2D eigenvalue weighted by atomic mass is 16.5. The number of benzene rings is 1. The summed E-state index contributed by atoms with van der Waals surface area (Å²) in [5, 5.41) is 2.98. The zero-order chi connectivity index (χ0) is 15.9. The van der Waals surface area contributed by atoms with Crippen molar-refractivity contribution in [3.05, 3.63) is 29.3 Å². The lowest BCUT2D eigenvalue weighted by Gasteiger charge is -2.26. The molecule has 0 unspecified atom stereocenters. The van der Waals surface area contributed by atoms with Gasteiger partial charge in [-0.1, -0.05) is 18.6 Å². The molecule has 1 aliphatic heterocycles. The Labute approximate surface area is 133 Å². The highest BCUT2D eigenvalue weighted by Crippen LogP contribution is 2.20. The molecule has 4 heteroatoms. The molecule has 1 heterocycles. The summed E-state index contributed by atoms with van der Waals surface area (Å²) >= 11 is 0. The van der Waals surface area contributed by atoms with Crippen molar-refractivity contribution in [3.63, 3.8) is 0 Å². The molecule has 0 radical (unpaired) electrons. The van der Waals surface area contributed by atoms with Crippen LogP contribution in [0.5, 0.6) is 5.75 Å². The van der Waals surface area contributed by atoms with Gasteiger partial charge in [-0.25, -0.2) is 0 Å². The average molecular weight is 304 g/mol. The lowest BCUT2D eigenvalue weighted by Crippen LogP contribution is -2.42. The van der Waals surface area contributed by atoms with Crippen LogP contribution < -0.4 is 10.1 Å². The maximum absolute atomic E-state index is 12.1. The molecule has 22 heavy (non-hydrogen) atoms. The minimum absolute atomic E-state index is 0.0436. The summed E-state index contributed by atoms with van der Waals surface area (Å²) in [6.45, 7) is 9.76. The zero-order valence-corrected chi connectivity index (χ0v) is 14.0. The normalized spacial score (nSPS) is 17.0. The molecule has 1 saturated heterocycles. The van der Waals surface area contributed by atoms with Crippen LogP contribution in [0.4, 0.5) is 0 Å². The molecule has 2 rings (SSSR count). The molecule has 122 valence electrons. The number of hydrogen-bond donors (Lipinski definition) is 1. The summed E-state index contributed by atoms with van der Waals surface area (Å²) in [4.78, 5) is 14.5. The van der Waals surface area contributed by atoms with E-state index in [2.05, 4.69) is 10.2 Å². The van der Waals surface area contributed by atoms with E-state index in [-0.39, 0.29) is 5.91 Å². The van der Waals surface area contributed by atoms with Crippen molar-refractivity contribution in [1.29, 1.82) is 0 Å². The molecule has 0 spiro atoms. The second-order valence-corrected chi connectivity index (χ2v) is 6.22. The molecule has 0 aromatic heterocycles. The van der Waals surface area contributed by atoms with Crippen molar-refractivity contribution in [2.24, 2.45) is 0 Å². The van der Waals surface area contributed by atoms with Crippen molar-refractivity contribution < 1.29 is 9.53 Å². The minimum Gasteiger partial charge on any atom is -0.481 e. The van der Waals surface area contributed by atoms with Crippen LogP contribution in [0.15, 0.2) is 18.2 Å². The Morgan fingerprint density at radius 2 is 2.00 bits per heavy atom. The fourth-order valence-electron chi connectivity index (χ4n) is 2.74. The fraction of sp³-hybridized carbons (Fsp3) is 0.611. The van der Waals surface area contributed by atoms with Gasteiger partial charge in [0.15, 0.2) is 6.10 Å². The Bertz CT molecular complexity index is 496. The van der Waals surface area contributed by atoms with Crippen LogP contribution in [0.25, 0.3) is 0 Å². The molecule has 1 N–H and O–H groups in total. The van der Waals surface area contributed by atoms with E-state index >= 15 is 0 Å². The first-order valence-corrected chi connectivity index (χ1v) is 8.30. The first-order chi connectivity index (χ1) is 10.6. The third-order valence-corrected chi connectivity index (χ3v) is 4.19. The van der Waals surface area contributed by atoms with Crippen LogP contribution in [0.2, 0.25) is 0 Å². The SMILES string of the molecule is Cc1ccc(C)c(O[C@H](C)C(=O)NCCN2CCCCC2)c1. The first-order valence-electron chi connectivity index (χ1n) is 8.30. The van der Waals surface area contributed by atoms with Crippen LogP contribution in [-0.2, 0) is 4.79 Å². The third-order valence-electron chi connectivity index (χ3n) is 4.19. The number of carbonyl (C=O) groups is 1. The predicted molar refractivity (Wildman–Crippen MR) is 89.3 cm³/mol. The van der Waals surface area contributed by atoms with Crippen molar-refractivity contribution in [3.8, 4) is 5.75 Å². The van der Waals surface area contributed by atoms with E-state index in [4.69, 9.17) is 4.74 Å². The second-order valence-electron chi connectivity index (χ2n) is 6.22. The molecular weight excluding hydrogens is 276 g/mol. The van der Waals surface area contributed by atoms with Gasteiger partial charge in [-0.05, 0) is 63.9 Å². The molecule has 1 atom stereocenters. The Morgan fingerprint density at radius 3 is 2.73 bits per heavy atom. The molecule has 1 aromatic rings. The summed E-state index contributed by atoms with van der Waals surface area (Å²) in [5.74, 6) is 0.747. The van der Waals surface area contributed by atoms with Crippen LogP contribution >= 0.6 is 0 Å². The maximum atomic E-state index is 12.1. The lowest BCUT2D eigenvalue weighted by molar-refractivity contribution is -0.127. The highest BCUT2D eigenvalue weighted by Gasteiger charge is 2.16. The Balaban J connectivity index is 1.75. The van der Waals surface area contributed by atoms with Gasteiger partial charge in [-0.3, -0.25) is 4.79 Å². The topological polar surface area (TPSA) is 41.6 Å². The standard InChI is InChI=1S/C18H28N2O2/c1-14-7-8-15(2)17(13-14)22-16(3)18(21)19-9-12-20-10-5-4-6-11-20/h7-8,13,16H,4-6,9-12H2,1-3H3,(H,19,21)/t16-/m1/s1. The average Bonchev–Trinajstić information content (AvgIpc) is 2.52. The number of rotatable bonds is 6. The van der Waals surface area contributed by atoms with E-state index in [1.165, 1.54) is 19.3 Å². The minimum atomic E-state index is -0.471. The molecule has 1 aromatic carbocycles. The summed E-state index contributed by atoms with van der Waals surface area (Å²) < 4.78 is 5.80. The van der Waals surface area contributed by atoms with E-state index in [0.29, 0.717) is 6.54 Å². The number of ether oxygens (including phenoxy) is 1. The fourth-order valence-corrected chi connectivity index (χ4v) is 2.74. The van der Waals surface area contributed by atoms with E-state index in [9.17, 15) is 4.79 Å². The van der Waals surface area contributed by atoms with Gasteiger partial charge < -0.3 is 15.0 Å². The van der Waals surface area contributed by atoms with Gasteiger partial charge >= 0.3 is 0 Å². The van der Waals surface area contributed by atoms with Gasteiger partial charge in [0.25, 0.3) is 5.91 Å². The van der Waals surface area contributed by atoms with E-state index in [0.717, 1.165) is 36.5 Å². The van der Waals surface area contributed by atoms with E-state index in [1.54, 1.807) is 6.92 Å². The number of nitrogens with one attached hydrogen (secondary N) is 1. The van der Waals surface area contributed by atoms with Crippen molar-refractivity contribution in [2.45, 2.75) is 46.1 Å². The van der Waals surface area contributed by atoms with E-state index < -0.39 is 6.10 Å². The van der Waals surface area contributed by atoms with Crippen LogP contribution in [0.3, 0.4) is 0 Å². The number of aryl methyl sites for hydroxylation is 2. The van der Waals surface area contributed by atoms with Crippen molar-refractivity contribution in [2.75, 3.05) is 26.2 Å². The molecule has 4 nitrogen and oxygen atoms in total. The number of amides is 1. The summed E-state index contributed by atoms with van der Waals surface area (Å²) in [7, 11) is 0. The van der Waals surface area contributed by atoms with Crippen LogP contribution in [-0.4, -0.2) is 43.1 Å². The van der Waals surface area contributed by atoms with Crippen LogP contribution in [0, 0.1) is 13.8 Å². The van der Waals surface area contributed by atoms with Gasteiger partial charge in [0, 0.05) is 13.1 Å². The molecule has 1 fully saturated rings. The molecule has 0 aliphatic carbocycles. The number of hydrogen-bond acceptors (Lipinski definition) is 3.